The van der Waals surface area contributed by atoms with Crippen molar-refractivity contribution in [1.29, 1.82) is 0 Å². The fourth-order valence-corrected chi connectivity index (χ4v) is 2.69. The van der Waals surface area contributed by atoms with E-state index in [9.17, 15) is 0 Å². The third kappa shape index (κ3) is 3.67. The van der Waals surface area contributed by atoms with Crippen LogP contribution in [0.15, 0.2) is 34.8 Å². The number of aryl methyl sites for hydroxylation is 1. The summed E-state index contributed by atoms with van der Waals surface area (Å²) in [7, 11) is 0. The van der Waals surface area contributed by atoms with Gasteiger partial charge >= 0.3 is 0 Å². The van der Waals surface area contributed by atoms with Crippen LogP contribution in [-0.4, -0.2) is 6.54 Å². The van der Waals surface area contributed by atoms with Crippen molar-refractivity contribution in [2.75, 3.05) is 6.54 Å². The van der Waals surface area contributed by atoms with Gasteiger partial charge in [0.2, 0.25) is 0 Å². The molecule has 106 valence electrons. The van der Waals surface area contributed by atoms with Crippen molar-refractivity contribution in [1.82, 2.24) is 0 Å². The number of halogens is 3. The highest BCUT2D eigenvalue weighted by Gasteiger charge is 2.10. The highest BCUT2D eigenvalue weighted by atomic mass is 79.9. The summed E-state index contributed by atoms with van der Waals surface area (Å²) >= 11 is 15.6. The molecule has 0 fully saturated rings. The van der Waals surface area contributed by atoms with E-state index < -0.39 is 0 Å². The fourth-order valence-electron chi connectivity index (χ4n) is 1.86. The van der Waals surface area contributed by atoms with Crippen molar-refractivity contribution in [3.8, 4) is 11.5 Å². The largest absolute Gasteiger partial charge is 0.455 e. The molecule has 0 aliphatic carbocycles. The number of hydrogen-bond donors (Lipinski definition) is 1. The van der Waals surface area contributed by atoms with Gasteiger partial charge in [-0.25, -0.2) is 0 Å². The molecule has 5 heteroatoms. The molecule has 0 heterocycles. The molecule has 0 aromatic heterocycles. The summed E-state index contributed by atoms with van der Waals surface area (Å²) in [6, 6.07) is 9.39. The van der Waals surface area contributed by atoms with Crippen LogP contribution in [0.3, 0.4) is 0 Å². The molecule has 0 aliphatic rings. The van der Waals surface area contributed by atoms with Crippen molar-refractivity contribution < 1.29 is 4.74 Å². The fraction of sp³-hybridized carbons (Fsp3) is 0.200. The quantitative estimate of drug-likeness (QED) is 0.731. The van der Waals surface area contributed by atoms with Gasteiger partial charge in [-0.2, -0.15) is 0 Å². The Labute approximate surface area is 137 Å². The summed E-state index contributed by atoms with van der Waals surface area (Å²) in [5, 5.41) is 1.05. The molecule has 0 aliphatic heterocycles. The van der Waals surface area contributed by atoms with E-state index in [1.165, 1.54) is 5.56 Å². The summed E-state index contributed by atoms with van der Waals surface area (Å²) < 4.78 is 6.63. The zero-order chi connectivity index (χ0) is 14.7. The molecule has 2 N–H and O–H groups in total. The van der Waals surface area contributed by atoms with E-state index in [1.807, 2.05) is 19.1 Å². The molecular weight excluding hydrogens is 361 g/mol. The Balaban J connectivity index is 2.37. The molecule has 2 aromatic carbocycles. The minimum Gasteiger partial charge on any atom is -0.455 e. The highest BCUT2D eigenvalue weighted by Crippen LogP contribution is 2.37. The predicted octanol–water partition coefficient (Wildman–Crippen LogP) is 5.36. The van der Waals surface area contributed by atoms with Gasteiger partial charge in [0.15, 0.2) is 0 Å². The van der Waals surface area contributed by atoms with Gasteiger partial charge < -0.3 is 10.5 Å². The molecule has 0 saturated heterocycles. The number of hydrogen-bond acceptors (Lipinski definition) is 2. The van der Waals surface area contributed by atoms with E-state index in [1.54, 1.807) is 12.1 Å². The third-order valence-electron chi connectivity index (χ3n) is 2.82. The van der Waals surface area contributed by atoms with E-state index in [2.05, 4.69) is 22.0 Å². The SMILES string of the molecule is Cc1ccc(Oc2cc(Cl)c(Br)cc2Cl)c(CCN)c1. The minimum atomic E-state index is 0.501. The van der Waals surface area contributed by atoms with E-state index in [0.29, 0.717) is 22.3 Å². The van der Waals surface area contributed by atoms with Crippen molar-refractivity contribution in [2.24, 2.45) is 5.73 Å². The van der Waals surface area contributed by atoms with E-state index >= 15 is 0 Å². The summed E-state index contributed by atoms with van der Waals surface area (Å²) in [5.74, 6) is 1.28. The second kappa shape index (κ2) is 6.81. The number of benzene rings is 2. The van der Waals surface area contributed by atoms with Gasteiger partial charge in [-0.15, -0.1) is 0 Å². The lowest BCUT2D eigenvalue weighted by molar-refractivity contribution is 0.476. The van der Waals surface area contributed by atoms with Crippen LogP contribution in [0.1, 0.15) is 11.1 Å². The monoisotopic (exact) mass is 373 g/mol. The summed E-state index contributed by atoms with van der Waals surface area (Å²) in [6.07, 6.45) is 0.749. The van der Waals surface area contributed by atoms with Gasteiger partial charge in [-0.1, -0.05) is 40.9 Å². The first-order valence-electron chi connectivity index (χ1n) is 6.13. The Morgan fingerprint density at radius 2 is 1.85 bits per heavy atom. The van der Waals surface area contributed by atoms with Gasteiger partial charge in [0.1, 0.15) is 11.5 Å². The molecule has 20 heavy (non-hydrogen) atoms. The number of nitrogens with two attached hydrogens (primary N) is 1. The first kappa shape index (κ1) is 15.6. The second-order valence-electron chi connectivity index (χ2n) is 4.45. The minimum absolute atomic E-state index is 0.501. The van der Waals surface area contributed by atoms with Crippen molar-refractivity contribution in [2.45, 2.75) is 13.3 Å². The molecule has 0 amide bonds. The molecule has 0 bridgehead atoms. The van der Waals surface area contributed by atoms with Crippen LogP contribution in [0, 0.1) is 6.92 Å². The zero-order valence-corrected chi connectivity index (χ0v) is 14.0. The van der Waals surface area contributed by atoms with Crippen LogP contribution in [0.5, 0.6) is 11.5 Å². The maximum Gasteiger partial charge on any atom is 0.147 e. The smallest absolute Gasteiger partial charge is 0.147 e. The van der Waals surface area contributed by atoms with Crippen LogP contribution in [0.4, 0.5) is 0 Å². The summed E-state index contributed by atoms with van der Waals surface area (Å²) in [6.45, 7) is 2.60. The molecule has 0 atom stereocenters. The molecule has 0 unspecified atom stereocenters. The first-order valence-corrected chi connectivity index (χ1v) is 7.68. The standard InChI is InChI=1S/C15H14BrCl2NO/c1-9-2-3-14(10(6-9)4-5-19)20-15-8-12(17)11(16)7-13(15)18/h2-3,6-8H,4-5,19H2,1H3. The van der Waals surface area contributed by atoms with Gasteiger partial charge in [0.25, 0.3) is 0 Å². The van der Waals surface area contributed by atoms with Crippen molar-refractivity contribution in [3.63, 3.8) is 0 Å². The second-order valence-corrected chi connectivity index (χ2v) is 6.12. The van der Waals surface area contributed by atoms with Crippen LogP contribution >= 0.6 is 39.1 Å². The molecule has 2 nitrogen and oxygen atoms in total. The maximum absolute atomic E-state index is 6.17. The average molecular weight is 375 g/mol. The van der Waals surface area contributed by atoms with Gasteiger partial charge in [-0.05, 0) is 53.5 Å². The zero-order valence-electron chi connectivity index (χ0n) is 10.9. The lowest BCUT2D eigenvalue weighted by Crippen LogP contribution is -2.04. The Hall–Kier alpha value is -0.740. The van der Waals surface area contributed by atoms with Gasteiger partial charge in [-0.3, -0.25) is 0 Å². The van der Waals surface area contributed by atoms with Crippen LogP contribution in [0.25, 0.3) is 0 Å². The molecule has 0 saturated carbocycles. The van der Waals surface area contributed by atoms with Crippen molar-refractivity contribution in [3.05, 3.63) is 56.0 Å². The predicted molar refractivity (Wildman–Crippen MR) is 88.2 cm³/mol. The lowest BCUT2D eigenvalue weighted by Gasteiger charge is -2.13. The normalized spacial score (nSPS) is 10.7. The topological polar surface area (TPSA) is 35.2 Å². The van der Waals surface area contributed by atoms with Gasteiger partial charge in [0.05, 0.1) is 10.0 Å². The number of ether oxygens (including phenoxy) is 1. The Bertz CT molecular complexity index is 632. The third-order valence-corrected chi connectivity index (χ3v) is 4.32. The molecule has 2 aromatic rings. The maximum atomic E-state index is 6.17. The lowest BCUT2D eigenvalue weighted by atomic mass is 10.1. The average Bonchev–Trinajstić information content (AvgIpc) is 2.39. The first-order chi connectivity index (χ1) is 9.51. The van der Waals surface area contributed by atoms with Crippen LogP contribution < -0.4 is 10.5 Å². The molecule has 0 spiro atoms. The van der Waals surface area contributed by atoms with E-state index in [-0.39, 0.29) is 0 Å². The Morgan fingerprint density at radius 1 is 1.10 bits per heavy atom. The molecule has 0 radical (unpaired) electrons. The summed E-state index contributed by atoms with van der Waals surface area (Å²) in [5.41, 5.74) is 7.86. The summed E-state index contributed by atoms with van der Waals surface area (Å²) in [4.78, 5) is 0. The van der Waals surface area contributed by atoms with Gasteiger partial charge in [0, 0.05) is 10.5 Å². The Morgan fingerprint density at radius 3 is 2.55 bits per heavy atom. The molecular formula is C15H14BrCl2NO. The Kier molecular flexibility index (Phi) is 5.33. The van der Waals surface area contributed by atoms with Crippen molar-refractivity contribution >= 4 is 39.1 Å². The highest BCUT2D eigenvalue weighted by molar-refractivity contribution is 9.10. The number of rotatable bonds is 4. The van der Waals surface area contributed by atoms with E-state index in [4.69, 9.17) is 33.7 Å². The van der Waals surface area contributed by atoms with E-state index in [0.717, 1.165) is 22.2 Å². The van der Waals surface area contributed by atoms with Crippen LogP contribution in [0.2, 0.25) is 10.0 Å². The van der Waals surface area contributed by atoms with Crippen LogP contribution in [-0.2, 0) is 6.42 Å². The molecule has 2 rings (SSSR count).